The van der Waals surface area contributed by atoms with Crippen molar-refractivity contribution in [3.8, 4) is 0 Å². The maximum Gasteiger partial charge on any atom is 0.191 e. The van der Waals surface area contributed by atoms with Gasteiger partial charge in [-0.2, -0.15) is 0 Å². The van der Waals surface area contributed by atoms with Crippen molar-refractivity contribution in [2.75, 3.05) is 52.2 Å². The van der Waals surface area contributed by atoms with Crippen molar-refractivity contribution in [2.45, 2.75) is 25.3 Å². The molecule has 0 amide bonds. The Balaban J connectivity index is 0.00000300. The maximum absolute atomic E-state index is 4.41. The number of anilines is 1. The van der Waals surface area contributed by atoms with Gasteiger partial charge in [-0.3, -0.25) is 9.89 Å². The third-order valence-electron chi connectivity index (χ3n) is 5.30. The van der Waals surface area contributed by atoms with Gasteiger partial charge in [0.25, 0.3) is 0 Å². The van der Waals surface area contributed by atoms with Gasteiger partial charge in [-0.25, -0.2) is 0 Å². The lowest BCUT2D eigenvalue weighted by atomic mass is 10.1. The summed E-state index contributed by atoms with van der Waals surface area (Å²) in [5.74, 6) is 0.880. The van der Waals surface area contributed by atoms with E-state index in [0.717, 1.165) is 25.5 Å². The van der Waals surface area contributed by atoms with E-state index in [1.807, 2.05) is 18.4 Å². The average molecular weight is 528 g/mol. The van der Waals surface area contributed by atoms with E-state index >= 15 is 0 Å². The summed E-state index contributed by atoms with van der Waals surface area (Å²) in [6, 6.07) is 13.6. The molecular formula is C22H34IN5S. The molecule has 1 atom stereocenters. The van der Waals surface area contributed by atoms with Crippen molar-refractivity contribution in [3.05, 3.63) is 52.2 Å². The normalized spacial score (nSPS) is 15.6. The van der Waals surface area contributed by atoms with Crippen molar-refractivity contribution >= 4 is 47.0 Å². The highest BCUT2D eigenvalue weighted by Crippen LogP contribution is 2.27. The lowest BCUT2D eigenvalue weighted by Crippen LogP contribution is -2.43. The summed E-state index contributed by atoms with van der Waals surface area (Å²) in [6.07, 6.45) is 3.60. The van der Waals surface area contributed by atoms with Crippen LogP contribution in [0.5, 0.6) is 0 Å². The fourth-order valence-corrected chi connectivity index (χ4v) is 4.50. The van der Waals surface area contributed by atoms with E-state index in [-0.39, 0.29) is 24.0 Å². The topological polar surface area (TPSA) is 42.9 Å². The SMILES string of the molecule is CN=C(NCCc1ccc(N(C)C)cc1)NCC(c1cccs1)N1CCCC1.I. The Hall–Kier alpha value is -1.32. The van der Waals surface area contributed by atoms with Crippen molar-refractivity contribution in [1.29, 1.82) is 0 Å². The van der Waals surface area contributed by atoms with E-state index in [1.165, 1.54) is 42.1 Å². The van der Waals surface area contributed by atoms with Gasteiger partial charge in [-0.1, -0.05) is 18.2 Å². The molecule has 1 unspecified atom stereocenters. The van der Waals surface area contributed by atoms with Crippen LogP contribution in [0, 0.1) is 0 Å². The van der Waals surface area contributed by atoms with Gasteiger partial charge in [0.15, 0.2) is 5.96 Å². The highest BCUT2D eigenvalue weighted by atomic mass is 127. The van der Waals surface area contributed by atoms with Crippen molar-refractivity contribution < 1.29 is 0 Å². The van der Waals surface area contributed by atoms with Crippen LogP contribution >= 0.6 is 35.3 Å². The first-order chi connectivity index (χ1) is 13.7. The van der Waals surface area contributed by atoms with Gasteiger partial charge in [0, 0.05) is 44.8 Å². The number of nitrogens with one attached hydrogen (secondary N) is 2. The largest absolute Gasteiger partial charge is 0.378 e. The summed E-state index contributed by atoms with van der Waals surface area (Å²) in [5.41, 5.74) is 2.57. The fraction of sp³-hybridized carbons (Fsp3) is 0.500. The van der Waals surface area contributed by atoms with Crippen LogP contribution < -0.4 is 15.5 Å². The van der Waals surface area contributed by atoms with E-state index in [9.17, 15) is 0 Å². The smallest absolute Gasteiger partial charge is 0.191 e. The van der Waals surface area contributed by atoms with Crippen LogP contribution in [0.2, 0.25) is 0 Å². The molecule has 0 bridgehead atoms. The minimum absolute atomic E-state index is 0. The summed E-state index contributed by atoms with van der Waals surface area (Å²) in [5, 5.41) is 9.18. The third-order valence-corrected chi connectivity index (χ3v) is 6.27. The van der Waals surface area contributed by atoms with Gasteiger partial charge < -0.3 is 15.5 Å². The second-order valence-electron chi connectivity index (χ2n) is 7.47. The molecule has 0 radical (unpaired) electrons. The molecule has 2 heterocycles. The number of hydrogen-bond donors (Lipinski definition) is 2. The number of thiophene rings is 1. The zero-order valence-corrected chi connectivity index (χ0v) is 20.9. The number of aliphatic imine (C=N–C) groups is 1. The Kier molecular flexibility index (Phi) is 10.2. The zero-order valence-electron chi connectivity index (χ0n) is 17.7. The molecule has 1 aliphatic rings. The Morgan fingerprint density at radius 1 is 1.14 bits per heavy atom. The molecule has 7 heteroatoms. The average Bonchev–Trinajstić information content (AvgIpc) is 3.42. The first-order valence-corrected chi connectivity index (χ1v) is 11.0. The van der Waals surface area contributed by atoms with E-state index in [0.29, 0.717) is 6.04 Å². The van der Waals surface area contributed by atoms with E-state index in [4.69, 9.17) is 0 Å². The molecule has 1 fully saturated rings. The van der Waals surface area contributed by atoms with Gasteiger partial charge in [0.1, 0.15) is 0 Å². The van der Waals surface area contributed by atoms with Crippen LogP contribution in [0.4, 0.5) is 5.69 Å². The van der Waals surface area contributed by atoms with Crippen molar-refractivity contribution in [1.82, 2.24) is 15.5 Å². The molecule has 1 aromatic heterocycles. The van der Waals surface area contributed by atoms with Crippen LogP contribution in [-0.2, 0) is 6.42 Å². The molecule has 0 spiro atoms. The van der Waals surface area contributed by atoms with E-state index < -0.39 is 0 Å². The number of guanidine groups is 1. The minimum Gasteiger partial charge on any atom is -0.378 e. The van der Waals surface area contributed by atoms with Gasteiger partial charge in [0.05, 0.1) is 6.04 Å². The highest BCUT2D eigenvalue weighted by molar-refractivity contribution is 14.0. The number of rotatable bonds is 8. The van der Waals surface area contributed by atoms with Gasteiger partial charge >= 0.3 is 0 Å². The second-order valence-corrected chi connectivity index (χ2v) is 8.44. The summed E-state index contributed by atoms with van der Waals surface area (Å²) >= 11 is 1.85. The van der Waals surface area contributed by atoms with Crippen LogP contribution in [0.25, 0.3) is 0 Å². The number of likely N-dealkylation sites (tertiary alicyclic amines) is 1. The highest BCUT2D eigenvalue weighted by Gasteiger charge is 2.24. The predicted octanol–water partition coefficient (Wildman–Crippen LogP) is 3.98. The molecule has 1 saturated heterocycles. The van der Waals surface area contributed by atoms with Crippen LogP contribution in [-0.4, -0.2) is 58.2 Å². The fourth-order valence-electron chi connectivity index (χ4n) is 3.64. The molecule has 3 rings (SSSR count). The first-order valence-electron chi connectivity index (χ1n) is 10.2. The quantitative estimate of drug-likeness (QED) is 0.310. The van der Waals surface area contributed by atoms with Crippen molar-refractivity contribution in [3.63, 3.8) is 0 Å². The minimum atomic E-state index is 0. The van der Waals surface area contributed by atoms with Gasteiger partial charge in [-0.15, -0.1) is 35.3 Å². The van der Waals surface area contributed by atoms with Crippen LogP contribution in [0.3, 0.4) is 0 Å². The molecular weight excluding hydrogens is 493 g/mol. The standard InChI is InChI=1S/C22H33N5S.HI/c1-23-22(24-13-12-18-8-10-19(11-9-18)26(2)3)25-17-20(21-7-6-16-28-21)27-14-4-5-15-27;/h6-11,16,20H,4-5,12-15,17H2,1-3H3,(H2,23,24,25);1H. The third kappa shape index (κ3) is 7.15. The summed E-state index contributed by atoms with van der Waals surface area (Å²) < 4.78 is 0. The molecule has 1 aromatic carbocycles. The van der Waals surface area contributed by atoms with Gasteiger partial charge in [-0.05, 0) is 61.5 Å². The van der Waals surface area contributed by atoms with E-state index in [2.05, 4.69) is 81.3 Å². The summed E-state index contributed by atoms with van der Waals surface area (Å²) in [4.78, 5) is 10.6. The maximum atomic E-state index is 4.41. The Bertz CT molecular complexity index is 724. The number of benzene rings is 1. The van der Waals surface area contributed by atoms with Gasteiger partial charge in [0.2, 0.25) is 0 Å². The lowest BCUT2D eigenvalue weighted by Gasteiger charge is -2.27. The van der Waals surface area contributed by atoms with Crippen molar-refractivity contribution in [2.24, 2.45) is 4.99 Å². The molecule has 5 nitrogen and oxygen atoms in total. The molecule has 0 aliphatic carbocycles. The molecule has 1 aliphatic heterocycles. The summed E-state index contributed by atoms with van der Waals surface area (Å²) in [6.45, 7) is 4.14. The lowest BCUT2D eigenvalue weighted by molar-refractivity contribution is 0.249. The number of hydrogen-bond acceptors (Lipinski definition) is 4. The molecule has 160 valence electrons. The van der Waals surface area contributed by atoms with Crippen LogP contribution in [0.15, 0.2) is 46.8 Å². The molecule has 0 saturated carbocycles. The monoisotopic (exact) mass is 527 g/mol. The number of nitrogens with zero attached hydrogens (tertiary/aromatic N) is 3. The van der Waals surface area contributed by atoms with Crippen LogP contribution in [0.1, 0.15) is 29.3 Å². The predicted molar refractivity (Wildman–Crippen MR) is 137 cm³/mol. The number of halogens is 1. The Morgan fingerprint density at radius 2 is 1.86 bits per heavy atom. The Morgan fingerprint density at radius 3 is 2.45 bits per heavy atom. The zero-order chi connectivity index (χ0) is 19.8. The molecule has 2 N–H and O–H groups in total. The second kappa shape index (κ2) is 12.4. The first kappa shape index (κ1) is 24.0. The molecule has 29 heavy (non-hydrogen) atoms. The van der Waals surface area contributed by atoms with E-state index in [1.54, 1.807) is 0 Å². The summed E-state index contributed by atoms with van der Waals surface area (Å²) in [7, 11) is 5.98. The molecule has 2 aromatic rings. The Labute approximate surface area is 196 Å².